The highest BCUT2D eigenvalue weighted by Crippen LogP contribution is 2.20. The molecule has 0 aliphatic heterocycles. The van der Waals surface area contributed by atoms with Crippen LogP contribution in [0.1, 0.15) is 17.4 Å². The van der Waals surface area contributed by atoms with Gasteiger partial charge in [-0.1, -0.05) is 0 Å². The van der Waals surface area contributed by atoms with Crippen LogP contribution in [0.5, 0.6) is 0 Å². The Hall–Kier alpha value is -0.220. The molecule has 0 spiro atoms. The Morgan fingerprint density at radius 2 is 2.09 bits per heavy atom. The molecule has 0 atom stereocenters. The van der Waals surface area contributed by atoms with Gasteiger partial charge in [-0.15, -0.1) is 0 Å². The lowest BCUT2D eigenvalue weighted by atomic mass is 10.3. The fraction of sp³-hybridized carbons (Fsp3) is 0.143. The second-order valence-electron chi connectivity index (χ2n) is 2.03. The molecule has 0 saturated heterocycles. The van der Waals surface area contributed by atoms with Gasteiger partial charge in [0, 0.05) is 6.92 Å². The quantitative estimate of drug-likeness (QED) is 0.584. The van der Waals surface area contributed by atoms with E-state index in [1.165, 1.54) is 6.92 Å². The zero-order valence-corrected chi connectivity index (χ0v) is 8.94. The summed E-state index contributed by atoms with van der Waals surface area (Å²) in [6, 6.07) is 3.46. The van der Waals surface area contributed by atoms with Crippen molar-refractivity contribution in [2.45, 2.75) is 6.92 Å². The lowest BCUT2D eigenvalue weighted by Crippen LogP contribution is -1.96. The van der Waals surface area contributed by atoms with Crippen LogP contribution in [0.25, 0.3) is 0 Å². The van der Waals surface area contributed by atoms with E-state index in [1.807, 2.05) is 0 Å². The third-order valence-corrected chi connectivity index (χ3v) is 2.94. The fourth-order valence-corrected chi connectivity index (χ4v) is 1.16. The highest BCUT2D eigenvalue weighted by Gasteiger charge is 2.03. The van der Waals surface area contributed by atoms with Gasteiger partial charge in [0.2, 0.25) is 0 Å². The van der Waals surface area contributed by atoms with Gasteiger partial charge in [-0.3, -0.25) is 4.79 Å². The molecule has 0 aromatic carbocycles. The lowest BCUT2D eigenvalue weighted by molar-refractivity contribution is 0.101. The summed E-state index contributed by atoms with van der Waals surface area (Å²) in [5.74, 6) is -0.0294. The van der Waals surface area contributed by atoms with Gasteiger partial charge in [0.1, 0.15) is 10.3 Å². The Balaban J connectivity index is 3.15. The number of pyridine rings is 1. The van der Waals surface area contributed by atoms with Crippen LogP contribution in [0, 0.1) is 0 Å². The summed E-state index contributed by atoms with van der Waals surface area (Å²) in [5, 5.41) is 0. The van der Waals surface area contributed by atoms with Crippen LogP contribution in [-0.4, -0.2) is 10.8 Å². The standard InChI is InChI=1S/C7H5Br2NO/c1-4(11)6-3-2-5(8)7(9)10-6/h2-3H,1H3. The number of carbonyl (C=O) groups is 1. The van der Waals surface area contributed by atoms with Gasteiger partial charge >= 0.3 is 0 Å². The highest BCUT2D eigenvalue weighted by atomic mass is 79.9. The number of ketones is 1. The Morgan fingerprint density at radius 1 is 1.45 bits per heavy atom. The molecule has 0 saturated carbocycles. The number of aromatic nitrogens is 1. The molecule has 1 aromatic rings. The third-order valence-electron chi connectivity index (χ3n) is 1.16. The topological polar surface area (TPSA) is 30.0 Å². The smallest absolute Gasteiger partial charge is 0.178 e. The van der Waals surface area contributed by atoms with Gasteiger partial charge in [0.05, 0.1) is 4.47 Å². The Bertz CT molecular complexity index is 298. The van der Waals surface area contributed by atoms with Gasteiger partial charge in [0.25, 0.3) is 0 Å². The summed E-state index contributed by atoms with van der Waals surface area (Å²) in [6.45, 7) is 1.49. The minimum Gasteiger partial charge on any atom is -0.293 e. The highest BCUT2D eigenvalue weighted by molar-refractivity contribution is 9.13. The van der Waals surface area contributed by atoms with Crippen molar-refractivity contribution in [2.75, 3.05) is 0 Å². The van der Waals surface area contributed by atoms with Crippen molar-refractivity contribution in [3.8, 4) is 0 Å². The molecule has 0 fully saturated rings. The molecule has 1 aromatic heterocycles. The molecule has 0 aliphatic carbocycles. The van der Waals surface area contributed by atoms with Crippen LogP contribution in [-0.2, 0) is 0 Å². The maximum atomic E-state index is 10.8. The number of hydrogen-bond donors (Lipinski definition) is 0. The van der Waals surface area contributed by atoms with Crippen LogP contribution in [0.15, 0.2) is 21.2 Å². The number of rotatable bonds is 1. The van der Waals surface area contributed by atoms with Gasteiger partial charge < -0.3 is 0 Å². The van der Waals surface area contributed by atoms with Crippen LogP contribution < -0.4 is 0 Å². The first-order chi connectivity index (χ1) is 5.11. The first-order valence-electron chi connectivity index (χ1n) is 2.94. The molecule has 0 amide bonds. The van der Waals surface area contributed by atoms with Crippen molar-refractivity contribution in [3.05, 3.63) is 26.9 Å². The number of Topliss-reactive ketones (excluding diaryl/α,β-unsaturated/α-hetero) is 1. The third kappa shape index (κ3) is 2.10. The van der Waals surface area contributed by atoms with E-state index in [1.54, 1.807) is 12.1 Å². The zero-order valence-electron chi connectivity index (χ0n) is 5.77. The van der Waals surface area contributed by atoms with E-state index in [-0.39, 0.29) is 5.78 Å². The van der Waals surface area contributed by atoms with Crippen LogP contribution in [0.2, 0.25) is 0 Å². The van der Waals surface area contributed by atoms with E-state index in [2.05, 4.69) is 36.8 Å². The molecule has 4 heteroatoms. The van der Waals surface area contributed by atoms with E-state index in [9.17, 15) is 4.79 Å². The summed E-state index contributed by atoms with van der Waals surface area (Å²) < 4.78 is 1.51. The van der Waals surface area contributed by atoms with Crippen molar-refractivity contribution in [1.29, 1.82) is 0 Å². The Kier molecular flexibility index (Phi) is 2.78. The molecule has 58 valence electrons. The maximum Gasteiger partial charge on any atom is 0.178 e. The monoisotopic (exact) mass is 277 g/mol. The number of nitrogens with zero attached hydrogens (tertiary/aromatic N) is 1. The molecular formula is C7H5Br2NO. The second kappa shape index (κ2) is 3.45. The van der Waals surface area contributed by atoms with Crippen molar-refractivity contribution in [3.63, 3.8) is 0 Å². The van der Waals surface area contributed by atoms with Gasteiger partial charge in [-0.25, -0.2) is 4.98 Å². The first kappa shape index (κ1) is 8.87. The van der Waals surface area contributed by atoms with E-state index in [0.717, 1.165) is 4.47 Å². The summed E-state index contributed by atoms with van der Waals surface area (Å²) in [6.07, 6.45) is 0. The summed E-state index contributed by atoms with van der Waals surface area (Å²) >= 11 is 6.46. The van der Waals surface area contributed by atoms with Crippen molar-refractivity contribution in [1.82, 2.24) is 4.98 Å². The fourth-order valence-electron chi connectivity index (χ4n) is 0.613. The van der Waals surface area contributed by atoms with Gasteiger partial charge in [-0.05, 0) is 44.0 Å². The number of carbonyl (C=O) groups excluding carboxylic acids is 1. The molecule has 2 nitrogen and oxygen atoms in total. The number of halogens is 2. The van der Waals surface area contributed by atoms with Crippen molar-refractivity contribution < 1.29 is 4.79 Å². The minimum absolute atomic E-state index is 0.0294. The molecule has 11 heavy (non-hydrogen) atoms. The minimum atomic E-state index is -0.0294. The predicted molar refractivity (Wildman–Crippen MR) is 49.6 cm³/mol. The van der Waals surface area contributed by atoms with Crippen molar-refractivity contribution in [2.24, 2.45) is 0 Å². The molecule has 0 aliphatic rings. The normalized spacial score (nSPS) is 9.73. The molecule has 1 heterocycles. The lowest BCUT2D eigenvalue weighted by Gasteiger charge is -1.96. The molecular weight excluding hydrogens is 274 g/mol. The van der Waals surface area contributed by atoms with E-state index in [4.69, 9.17) is 0 Å². The van der Waals surface area contributed by atoms with E-state index < -0.39 is 0 Å². The maximum absolute atomic E-state index is 10.8. The number of hydrogen-bond acceptors (Lipinski definition) is 2. The van der Waals surface area contributed by atoms with Crippen LogP contribution in [0.4, 0.5) is 0 Å². The van der Waals surface area contributed by atoms with Gasteiger partial charge in [-0.2, -0.15) is 0 Å². The predicted octanol–water partition coefficient (Wildman–Crippen LogP) is 2.81. The van der Waals surface area contributed by atoms with Crippen LogP contribution >= 0.6 is 31.9 Å². The zero-order chi connectivity index (χ0) is 8.43. The molecule has 0 unspecified atom stereocenters. The molecule has 0 bridgehead atoms. The summed E-state index contributed by atoms with van der Waals surface area (Å²) in [5.41, 5.74) is 0.472. The van der Waals surface area contributed by atoms with Gasteiger partial charge in [0.15, 0.2) is 5.78 Å². The Labute approximate surface area is 81.3 Å². The molecule has 0 N–H and O–H groups in total. The molecule has 0 radical (unpaired) electrons. The SMILES string of the molecule is CC(=O)c1ccc(Br)c(Br)n1. The average molecular weight is 279 g/mol. The van der Waals surface area contributed by atoms with Crippen LogP contribution in [0.3, 0.4) is 0 Å². The molecule has 1 rings (SSSR count). The summed E-state index contributed by atoms with van der Waals surface area (Å²) in [4.78, 5) is 14.8. The van der Waals surface area contributed by atoms with E-state index >= 15 is 0 Å². The van der Waals surface area contributed by atoms with Crippen molar-refractivity contribution >= 4 is 37.6 Å². The average Bonchev–Trinajstić information content (AvgIpc) is 1.94. The van der Waals surface area contributed by atoms with E-state index in [0.29, 0.717) is 10.3 Å². The summed E-state index contributed by atoms with van der Waals surface area (Å²) in [7, 11) is 0. The second-order valence-corrected chi connectivity index (χ2v) is 3.63. The Morgan fingerprint density at radius 3 is 2.55 bits per heavy atom. The largest absolute Gasteiger partial charge is 0.293 e. The first-order valence-corrected chi connectivity index (χ1v) is 4.53.